The van der Waals surface area contributed by atoms with Gasteiger partial charge in [-0.05, 0) is 78.1 Å². The monoisotopic (exact) mass is 636 g/mol. The number of furan rings is 1. The molecule has 6 rings (SSSR count). The van der Waals surface area contributed by atoms with E-state index in [1.807, 2.05) is 60.7 Å². The third-order valence-corrected chi connectivity index (χ3v) is 9.88. The third-order valence-electron chi connectivity index (χ3n) is 7.60. The molecule has 0 radical (unpaired) electrons. The molecule has 2 aromatic heterocycles. The van der Waals surface area contributed by atoms with Crippen LogP contribution in [0.15, 0.2) is 94.6 Å². The van der Waals surface area contributed by atoms with Crippen molar-refractivity contribution in [1.82, 2.24) is 14.5 Å². The molecule has 9 nitrogen and oxygen atoms in total. The molecule has 1 saturated heterocycles. The second-order valence-electron chi connectivity index (χ2n) is 10.3. The second-order valence-corrected chi connectivity index (χ2v) is 13.1. The highest BCUT2D eigenvalue weighted by Gasteiger charge is 2.32. The number of benzene rings is 3. The highest BCUT2D eigenvalue weighted by Crippen LogP contribution is 2.36. The summed E-state index contributed by atoms with van der Waals surface area (Å²) in [7, 11) is -3.94. The lowest BCUT2D eigenvalue weighted by molar-refractivity contribution is 0.0656. The van der Waals surface area contributed by atoms with E-state index in [4.69, 9.17) is 32.7 Å². The van der Waals surface area contributed by atoms with Crippen LogP contribution in [0.25, 0.3) is 10.9 Å². The van der Waals surface area contributed by atoms with Gasteiger partial charge in [0, 0.05) is 40.5 Å². The maximum atomic E-state index is 13.0. The maximum Gasteiger partial charge on any atom is 0.371 e. The number of carboxylic acids is 1. The van der Waals surface area contributed by atoms with Gasteiger partial charge in [-0.2, -0.15) is 14.5 Å². The van der Waals surface area contributed by atoms with Crippen molar-refractivity contribution >= 4 is 55.8 Å². The van der Waals surface area contributed by atoms with Crippen LogP contribution in [0.2, 0.25) is 10.0 Å². The SMILES string of the molecule is O=C(O)c1ccc(S(=O)(=O)N2CCC(Nc3cnnc4ccc(C(c5ccc(Cl)cc5)c5ccc(Cl)cc5)cc34)CC2)o1. The number of nitrogens with zero attached hydrogens (tertiary/aromatic N) is 3. The van der Waals surface area contributed by atoms with Crippen LogP contribution in [0.3, 0.4) is 0 Å². The number of piperidine rings is 1. The van der Waals surface area contributed by atoms with Gasteiger partial charge in [0.15, 0.2) is 0 Å². The first-order valence-corrected chi connectivity index (χ1v) is 15.7. The number of anilines is 1. The number of hydrogen-bond acceptors (Lipinski definition) is 7. The number of rotatable bonds is 8. The Hall–Kier alpha value is -3.96. The molecule has 43 heavy (non-hydrogen) atoms. The van der Waals surface area contributed by atoms with Gasteiger partial charge in [0.05, 0.1) is 17.4 Å². The van der Waals surface area contributed by atoms with Gasteiger partial charge in [-0.25, -0.2) is 13.2 Å². The normalized spacial score (nSPS) is 14.8. The fourth-order valence-corrected chi connectivity index (χ4v) is 7.05. The highest BCUT2D eigenvalue weighted by molar-refractivity contribution is 7.89. The minimum Gasteiger partial charge on any atom is -0.475 e. The molecule has 12 heteroatoms. The summed E-state index contributed by atoms with van der Waals surface area (Å²) in [6.07, 6.45) is 2.76. The van der Waals surface area contributed by atoms with Gasteiger partial charge in [-0.1, -0.05) is 53.5 Å². The van der Waals surface area contributed by atoms with E-state index >= 15 is 0 Å². The van der Waals surface area contributed by atoms with Gasteiger partial charge in [0.1, 0.15) is 0 Å². The third kappa shape index (κ3) is 6.09. The molecule has 3 heterocycles. The quantitative estimate of drug-likeness (QED) is 0.181. The zero-order valence-electron chi connectivity index (χ0n) is 22.7. The number of aromatic carboxylic acids is 1. The molecule has 1 aliphatic rings. The summed E-state index contributed by atoms with van der Waals surface area (Å²) in [6, 6.07) is 24.0. The molecule has 0 unspecified atom stereocenters. The van der Waals surface area contributed by atoms with Gasteiger partial charge < -0.3 is 14.8 Å². The Morgan fingerprint density at radius 2 is 1.51 bits per heavy atom. The molecular weight excluding hydrogens is 611 g/mol. The summed E-state index contributed by atoms with van der Waals surface area (Å²) < 4.78 is 32.4. The predicted molar refractivity (Wildman–Crippen MR) is 164 cm³/mol. The fourth-order valence-electron chi connectivity index (χ4n) is 5.42. The summed E-state index contributed by atoms with van der Waals surface area (Å²) in [5.41, 5.74) is 4.72. The molecular formula is C31H26Cl2N4O5S. The number of sulfonamides is 1. The topological polar surface area (TPSA) is 126 Å². The molecule has 3 aromatic carbocycles. The van der Waals surface area contributed by atoms with Crippen molar-refractivity contribution in [2.75, 3.05) is 18.4 Å². The first-order chi connectivity index (χ1) is 20.7. The zero-order chi connectivity index (χ0) is 30.1. The number of carboxylic acid groups (broad SMARTS) is 1. The van der Waals surface area contributed by atoms with Crippen LogP contribution < -0.4 is 5.32 Å². The largest absolute Gasteiger partial charge is 0.475 e. The van der Waals surface area contributed by atoms with E-state index in [9.17, 15) is 13.2 Å². The van der Waals surface area contributed by atoms with Crippen molar-refractivity contribution in [1.29, 1.82) is 0 Å². The number of hydrogen-bond donors (Lipinski definition) is 2. The predicted octanol–water partition coefficient (Wildman–Crippen LogP) is 6.67. The first kappa shape index (κ1) is 29.1. The summed E-state index contributed by atoms with van der Waals surface area (Å²) >= 11 is 12.4. The standard InChI is InChI=1S/C31H26Cl2N4O5S/c32-22-6-1-19(2-7-22)30(20-3-8-23(33)9-4-20)21-5-10-26-25(17-21)27(18-34-36-26)35-24-13-15-37(16-14-24)43(40,41)29-12-11-28(42-29)31(38)39/h1-12,17-18,24,30H,13-16H2,(H,35,36)(H,38,39). The zero-order valence-corrected chi connectivity index (χ0v) is 25.0. The minimum absolute atomic E-state index is 0.0167. The van der Waals surface area contributed by atoms with Crippen molar-refractivity contribution in [2.45, 2.75) is 29.9 Å². The Labute approximate surface area is 258 Å². The highest BCUT2D eigenvalue weighted by atomic mass is 35.5. The van der Waals surface area contributed by atoms with Crippen molar-refractivity contribution < 1.29 is 22.7 Å². The lowest BCUT2D eigenvalue weighted by Gasteiger charge is -2.31. The van der Waals surface area contributed by atoms with E-state index in [0.717, 1.165) is 39.3 Å². The van der Waals surface area contributed by atoms with E-state index in [0.29, 0.717) is 22.9 Å². The van der Waals surface area contributed by atoms with Crippen LogP contribution in [0.5, 0.6) is 0 Å². The van der Waals surface area contributed by atoms with Crippen LogP contribution in [0.1, 0.15) is 46.0 Å². The molecule has 1 aliphatic heterocycles. The molecule has 2 N–H and O–H groups in total. The first-order valence-electron chi connectivity index (χ1n) is 13.5. The molecule has 0 saturated carbocycles. The maximum absolute atomic E-state index is 13.0. The molecule has 5 aromatic rings. The van der Waals surface area contributed by atoms with Crippen molar-refractivity contribution in [3.63, 3.8) is 0 Å². The molecule has 0 spiro atoms. The molecule has 0 aliphatic carbocycles. The molecule has 220 valence electrons. The van der Waals surface area contributed by atoms with Crippen LogP contribution in [-0.4, -0.2) is 53.1 Å². The molecule has 0 amide bonds. The summed E-state index contributed by atoms with van der Waals surface area (Å²) in [6.45, 7) is 0.500. The average Bonchev–Trinajstić information content (AvgIpc) is 3.52. The summed E-state index contributed by atoms with van der Waals surface area (Å²) in [4.78, 5) is 11.1. The van der Waals surface area contributed by atoms with Gasteiger partial charge in [0.25, 0.3) is 10.0 Å². The Morgan fingerprint density at radius 1 is 0.907 bits per heavy atom. The van der Waals surface area contributed by atoms with Crippen LogP contribution in [0.4, 0.5) is 5.69 Å². The summed E-state index contributed by atoms with van der Waals surface area (Å²) in [5.74, 6) is -1.82. The van der Waals surface area contributed by atoms with Gasteiger partial charge in [0.2, 0.25) is 10.9 Å². The van der Waals surface area contributed by atoms with Crippen LogP contribution >= 0.6 is 23.2 Å². The Balaban J connectivity index is 1.25. The molecule has 0 bridgehead atoms. The van der Waals surface area contributed by atoms with Crippen molar-refractivity contribution in [3.8, 4) is 0 Å². The van der Waals surface area contributed by atoms with E-state index in [1.165, 1.54) is 10.4 Å². The Morgan fingerprint density at radius 3 is 2.09 bits per heavy atom. The number of fused-ring (bicyclic) bond motifs is 1. The lowest BCUT2D eigenvalue weighted by atomic mass is 9.84. The van der Waals surface area contributed by atoms with Crippen LogP contribution in [-0.2, 0) is 10.0 Å². The average molecular weight is 638 g/mol. The molecule has 1 fully saturated rings. The lowest BCUT2D eigenvalue weighted by Crippen LogP contribution is -2.42. The fraction of sp³-hybridized carbons (Fsp3) is 0.194. The molecule has 0 atom stereocenters. The minimum atomic E-state index is -3.94. The Kier molecular flexibility index (Phi) is 8.11. The van der Waals surface area contributed by atoms with Gasteiger partial charge >= 0.3 is 5.97 Å². The van der Waals surface area contributed by atoms with E-state index in [1.54, 1.807) is 6.20 Å². The number of halogens is 2. The van der Waals surface area contributed by atoms with E-state index in [-0.39, 0.29) is 30.1 Å². The number of nitrogens with one attached hydrogen (secondary N) is 1. The van der Waals surface area contributed by atoms with Crippen molar-refractivity contribution in [2.24, 2.45) is 0 Å². The van der Waals surface area contributed by atoms with E-state index in [2.05, 4.69) is 21.6 Å². The van der Waals surface area contributed by atoms with Gasteiger partial charge in [-0.15, -0.1) is 0 Å². The van der Waals surface area contributed by atoms with Gasteiger partial charge in [-0.3, -0.25) is 0 Å². The number of aromatic nitrogens is 2. The summed E-state index contributed by atoms with van der Waals surface area (Å²) in [5, 5.41) is 23.0. The van der Waals surface area contributed by atoms with Crippen molar-refractivity contribution in [3.05, 3.63) is 118 Å². The number of carbonyl (C=O) groups is 1. The smallest absolute Gasteiger partial charge is 0.371 e. The van der Waals surface area contributed by atoms with Crippen LogP contribution in [0, 0.1) is 0 Å². The second kappa shape index (κ2) is 12.0. The Bertz CT molecular complexity index is 1840. The van der Waals surface area contributed by atoms with E-state index < -0.39 is 21.8 Å².